The van der Waals surface area contributed by atoms with Crippen molar-refractivity contribution in [2.45, 2.75) is 13.3 Å². The first-order valence-corrected chi connectivity index (χ1v) is 4.79. The van der Waals surface area contributed by atoms with Crippen LogP contribution in [0.2, 0.25) is 0 Å². The van der Waals surface area contributed by atoms with Crippen LogP contribution in [0.4, 0.5) is 4.39 Å². The summed E-state index contributed by atoms with van der Waals surface area (Å²) >= 11 is 0. The lowest BCUT2D eigenvalue weighted by Gasteiger charge is -2.04. The second kappa shape index (κ2) is 6.05. The molecule has 1 aromatic carbocycles. The molecule has 0 aliphatic heterocycles. The van der Waals surface area contributed by atoms with Crippen LogP contribution in [-0.4, -0.2) is 18.3 Å². The molecular formula is C12H13FO2. The van der Waals surface area contributed by atoms with Crippen LogP contribution in [0.15, 0.2) is 18.2 Å². The Morgan fingerprint density at radius 2 is 2.20 bits per heavy atom. The predicted molar refractivity (Wildman–Crippen MR) is 56.1 cm³/mol. The van der Waals surface area contributed by atoms with Crippen molar-refractivity contribution in [2.75, 3.05) is 13.2 Å². The largest absolute Gasteiger partial charge is 0.493 e. The van der Waals surface area contributed by atoms with Gasteiger partial charge in [-0.2, -0.15) is 0 Å². The third-order valence-corrected chi connectivity index (χ3v) is 1.66. The van der Waals surface area contributed by atoms with Crippen molar-refractivity contribution in [2.24, 2.45) is 0 Å². The Labute approximate surface area is 88.7 Å². The molecule has 0 heterocycles. The van der Waals surface area contributed by atoms with E-state index >= 15 is 0 Å². The molecule has 80 valence electrons. The maximum absolute atomic E-state index is 13.1. The Bertz CT molecular complexity index is 377. The van der Waals surface area contributed by atoms with Crippen molar-refractivity contribution in [3.05, 3.63) is 29.6 Å². The van der Waals surface area contributed by atoms with Gasteiger partial charge in [0.15, 0.2) is 0 Å². The maximum Gasteiger partial charge on any atom is 0.128 e. The molecule has 0 saturated carbocycles. The molecule has 0 aliphatic carbocycles. The summed E-state index contributed by atoms with van der Waals surface area (Å²) in [5, 5.41) is 8.51. The fourth-order valence-corrected chi connectivity index (χ4v) is 1.08. The topological polar surface area (TPSA) is 29.5 Å². The van der Waals surface area contributed by atoms with Crippen molar-refractivity contribution in [3.63, 3.8) is 0 Å². The number of aliphatic hydroxyl groups is 1. The Morgan fingerprint density at radius 3 is 2.87 bits per heavy atom. The lowest BCUT2D eigenvalue weighted by atomic mass is 10.2. The van der Waals surface area contributed by atoms with E-state index in [1.165, 1.54) is 12.1 Å². The molecule has 0 fully saturated rings. The highest BCUT2D eigenvalue weighted by atomic mass is 19.1. The van der Waals surface area contributed by atoms with Gasteiger partial charge >= 0.3 is 0 Å². The van der Waals surface area contributed by atoms with Gasteiger partial charge in [0, 0.05) is 11.6 Å². The van der Waals surface area contributed by atoms with E-state index in [4.69, 9.17) is 9.84 Å². The zero-order valence-electron chi connectivity index (χ0n) is 8.59. The SMILES string of the molecule is CCCOc1cc(F)cc(C#CCO)c1. The van der Waals surface area contributed by atoms with E-state index in [-0.39, 0.29) is 12.4 Å². The van der Waals surface area contributed by atoms with Crippen molar-refractivity contribution in [1.82, 2.24) is 0 Å². The van der Waals surface area contributed by atoms with E-state index in [0.717, 1.165) is 6.42 Å². The Morgan fingerprint density at radius 1 is 1.40 bits per heavy atom. The van der Waals surface area contributed by atoms with Crippen LogP contribution < -0.4 is 4.74 Å². The molecule has 0 saturated heterocycles. The smallest absolute Gasteiger partial charge is 0.128 e. The van der Waals surface area contributed by atoms with E-state index in [2.05, 4.69) is 11.8 Å². The molecule has 3 heteroatoms. The fourth-order valence-electron chi connectivity index (χ4n) is 1.08. The summed E-state index contributed by atoms with van der Waals surface area (Å²) in [6.07, 6.45) is 0.869. The first-order valence-electron chi connectivity index (χ1n) is 4.79. The van der Waals surface area contributed by atoms with Crippen LogP contribution in [0.25, 0.3) is 0 Å². The first-order chi connectivity index (χ1) is 7.26. The molecule has 1 aromatic rings. The zero-order chi connectivity index (χ0) is 11.1. The van der Waals surface area contributed by atoms with Crippen LogP contribution in [-0.2, 0) is 0 Å². The fraction of sp³-hybridized carbons (Fsp3) is 0.333. The number of hydrogen-bond donors (Lipinski definition) is 1. The van der Waals surface area contributed by atoms with Gasteiger partial charge in [0.25, 0.3) is 0 Å². The standard InChI is InChI=1S/C12H13FO2/c1-2-6-15-12-8-10(4-3-5-14)7-11(13)9-12/h7-9,14H,2,5-6H2,1H3. The van der Waals surface area contributed by atoms with E-state index in [1.54, 1.807) is 6.07 Å². The Hall–Kier alpha value is -1.53. The molecule has 15 heavy (non-hydrogen) atoms. The molecule has 0 aliphatic rings. The summed E-state index contributed by atoms with van der Waals surface area (Å²) < 4.78 is 18.4. The van der Waals surface area contributed by atoms with Gasteiger partial charge in [0.05, 0.1) is 6.61 Å². The third-order valence-electron chi connectivity index (χ3n) is 1.66. The minimum absolute atomic E-state index is 0.234. The summed E-state index contributed by atoms with van der Waals surface area (Å²) in [4.78, 5) is 0. The van der Waals surface area contributed by atoms with E-state index in [0.29, 0.717) is 17.9 Å². The molecule has 0 aromatic heterocycles. The molecule has 0 unspecified atom stereocenters. The second-order valence-corrected chi connectivity index (χ2v) is 2.98. The van der Waals surface area contributed by atoms with Crippen molar-refractivity contribution in [1.29, 1.82) is 0 Å². The quantitative estimate of drug-likeness (QED) is 0.769. The summed E-state index contributed by atoms with van der Waals surface area (Å²) in [5.74, 6) is 5.18. The highest BCUT2D eigenvalue weighted by molar-refractivity contribution is 5.40. The monoisotopic (exact) mass is 208 g/mol. The van der Waals surface area contributed by atoms with Gasteiger partial charge in [-0.25, -0.2) is 4.39 Å². The van der Waals surface area contributed by atoms with E-state index in [1.807, 2.05) is 6.92 Å². The van der Waals surface area contributed by atoms with Gasteiger partial charge in [-0.1, -0.05) is 18.8 Å². The molecule has 0 bridgehead atoms. The van der Waals surface area contributed by atoms with Gasteiger partial charge in [-0.15, -0.1) is 0 Å². The minimum Gasteiger partial charge on any atom is -0.493 e. The second-order valence-electron chi connectivity index (χ2n) is 2.98. The van der Waals surface area contributed by atoms with Crippen LogP contribution in [0, 0.1) is 17.7 Å². The maximum atomic E-state index is 13.1. The molecule has 0 amide bonds. The van der Waals surface area contributed by atoms with Gasteiger partial charge in [-0.3, -0.25) is 0 Å². The number of hydrogen-bond acceptors (Lipinski definition) is 2. The van der Waals surface area contributed by atoms with Crippen LogP contribution in [0.3, 0.4) is 0 Å². The normalized spacial score (nSPS) is 9.27. The molecule has 0 atom stereocenters. The highest BCUT2D eigenvalue weighted by Crippen LogP contribution is 2.15. The van der Waals surface area contributed by atoms with E-state index in [9.17, 15) is 4.39 Å². The minimum atomic E-state index is -0.383. The summed E-state index contributed by atoms with van der Waals surface area (Å²) in [6.45, 7) is 2.30. The first kappa shape index (κ1) is 11.5. The van der Waals surface area contributed by atoms with Crippen LogP contribution >= 0.6 is 0 Å². The number of ether oxygens (including phenoxy) is 1. The lowest BCUT2D eigenvalue weighted by Crippen LogP contribution is -1.96. The average Bonchev–Trinajstić information content (AvgIpc) is 2.23. The van der Waals surface area contributed by atoms with Gasteiger partial charge in [0.1, 0.15) is 18.2 Å². The summed E-state index contributed by atoms with van der Waals surface area (Å²) in [5.41, 5.74) is 0.509. The zero-order valence-corrected chi connectivity index (χ0v) is 8.59. The molecule has 1 rings (SSSR count). The number of aliphatic hydroxyl groups excluding tert-OH is 1. The molecule has 0 radical (unpaired) electrons. The van der Waals surface area contributed by atoms with Gasteiger partial charge in [-0.05, 0) is 18.6 Å². The molecule has 2 nitrogen and oxygen atoms in total. The average molecular weight is 208 g/mol. The molecular weight excluding hydrogens is 195 g/mol. The Balaban J connectivity index is 2.84. The van der Waals surface area contributed by atoms with Crippen molar-refractivity contribution < 1.29 is 14.2 Å². The number of rotatable bonds is 3. The Kier molecular flexibility index (Phi) is 4.65. The van der Waals surface area contributed by atoms with E-state index < -0.39 is 0 Å². The van der Waals surface area contributed by atoms with Crippen molar-refractivity contribution >= 4 is 0 Å². The summed E-state index contributed by atoms with van der Waals surface area (Å²) in [6, 6.07) is 4.28. The predicted octanol–water partition coefficient (Wildman–Crippen LogP) is 1.96. The van der Waals surface area contributed by atoms with Crippen LogP contribution in [0.5, 0.6) is 5.75 Å². The molecule has 0 spiro atoms. The summed E-state index contributed by atoms with van der Waals surface area (Å²) in [7, 11) is 0. The van der Waals surface area contributed by atoms with Gasteiger partial charge in [0.2, 0.25) is 0 Å². The third kappa shape index (κ3) is 4.01. The van der Waals surface area contributed by atoms with Crippen molar-refractivity contribution in [3.8, 4) is 17.6 Å². The highest BCUT2D eigenvalue weighted by Gasteiger charge is 1.99. The lowest BCUT2D eigenvalue weighted by molar-refractivity contribution is 0.315. The van der Waals surface area contributed by atoms with Crippen LogP contribution in [0.1, 0.15) is 18.9 Å². The molecule has 1 N–H and O–H groups in total. The number of halogens is 1. The van der Waals surface area contributed by atoms with Gasteiger partial charge < -0.3 is 9.84 Å². The number of benzene rings is 1.